The van der Waals surface area contributed by atoms with Crippen LogP contribution in [0.5, 0.6) is 0 Å². The molecule has 100 valence electrons. The fraction of sp³-hybridized carbons (Fsp3) is 0.643. The van der Waals surface area contributed by atoms with Gasteiger partial charge in [-0.15, -0.1) is 0 Å². The molecule has 1 aliphatic heterocycles. The van der Waals surface area contributed by atoms with Crippen LogP contribution in [0.15, 0.2) is 18.3 Å². The number of rotatable bonds is 4. The van der Waals surface area contributed by atoms with Crippen molar-refractivity contribution in [3.8, 4) is 0 Å². The van der Waals surface area contributed by atoms with Crippen LogP contribution in [0.3, 0.4) is 0 Å². The smallest absolute Gasteiger partial charge is 0.129 e. The summed E-state index contributed by atoms with van der Waals surface area (Å²) in [5, 5.41) is 3.34. The van der Waals surface area contributed by atoms with Gasteiger partial charge in [-0.2, -0.15) is 0 Å². The van der Waals surface area contributed by atoms with Gasteiger partial charge in [0.05, 0.1) is 18.8 Å². The van der Waals surface area contributed by atoms with Crippen molar-refractivity contribution in [1.29, 1.82) is 0 Å². The normalized spacial score (nSPS) is 18.9. The Morgan fingerprint density at radius 3 is 3.06 bits per heavy atom. The molecule has 1 aromatic heterocycles. The number of hydrogen-bond acceptors (Lipinski definition) is 4. The number of nitrogens with zero attached hydrogens (tertiary/aromatic N) is 2. The molecule has 0 atom stereocenters. The van der Waals surface area contributed by atoms with E-state index in [2.05, 4.69) is 48.1 Å². The van der Waals surface area contributed by atoms with Gasteiger partial charge >= 0.3 is 0 Å². The van der Waals surface area contributed by atoms with E-state index in [0.29, 0.717) is 0 Å². The molecule has 0 aliphatic carbocycles. The first-order valence-corrected chi connectivity index (χ1v) is 6.64. The van der Waals surface area contributed by atoms with Crippen molar-refractivity contribution in [2.24, 2.45) is 0 Å². The van der Waals surface area contributed by atoms with Gasteiger partial charge in [0.25, 0.3) is 0 Å². The van der Waals surface area contributed by atoms with Gasteiger partial charge in [0, 0.05) is 19.3 Å². The van der Waals surface area contributed by atoms with E-state index in [0.717, 1.165) is 38.7 Å². The Hall–Kier alpha value is -1.13. The summed E-state index contributed by atoms with van der Waals surface area (Å²) in [5.41, 5.74) is 1.30. The molecule has 0 saturated carbocycles. The predicted molar refractivity (Wildman–Crippen MR) is 73.9 cm³/mol. The lowest BCUT2D eigenvalue weighted by molar-refractivity contribution is 0.0639. The number of hydrogen-bond donors (Lipinski definition) is 1. The summed E-state index contributed by atoms with van der Waals surface area (Å²) in [7, 11) is 0. The Labute approximate surface area is 109 Å². The van der Waals surface area contributed by atoms with Gasteiger partial charge < -0.3 is 15.0 Å². The Morgan fingerprint density at radius 2 is 2.33 bits per heavy atom. The van der Waals surface area contributed by atoms with Crippen LogP contribution in [0.2, 0.25) is 0 Å². The summed E-state index contributed by atoms with van der Waals surface area (Å²) in [5.74, 6) is 1.05. The van der Waals surface area contributed by atoms with Crippen LogP contribution < -0.4 is 10.2 Å². The Bertz CT molecular complexity index is 392. The largest absolute Gasteiger partial charge is 0.377 e. The standard InChI is InChI=1S/C14H23N3O/c1-4-15-10-12-5-6-16-13(9-12)17-7-8-18-11-14(17,2)3/h5-6,9,15H,4,7-8,10-11H2,1-3H3. The van der Waals surface area contributed by atoms with Crippen LogP contribution >= 0.6 is 0 Å². The minimum absolute atomic E-state index is 0.0159. The van der Waals surface area contributed by atoms with E-state index >= 15 is 0 Å². The molecule has 4 nitrogen and oxygen atoms in total. The fourth-order valence-electron chi connectivity index (χ4n) is 2.27. The zero-order valence-corrected chi connectivity index (χ0v) is 11.6. The van der Waals surface area contributed by atoms with Crippen molar-refractivity contribution in [2.45, 2.75) is 32.9 Å². The number of ether oxygens (including phenoxy) is 1. The van der Waals surface area contributed by atoms with Crippen LogP contribution in [0, 0.1) is 0 Å². The van der Waals surface area contributed by atoms with Crippen LogP contribution in [0.25, 0.3) is 0 Å². The van der Waals surface area contributed by atoms with Crippen molar-refractivity contribution < 1.29 is 4.74 Å². The van der Waals surface area contributed by atoms with Gasteiger partial charge in [-0.1, -0.05) is 6.92 Å². The minimum Gasteiger partial charge on any atom is -0.377 e. The van der Waals surface area contributed by atoms with Gasteiger partial charge in [-0.3, -0.25) is 0 Å². The maximum atomic E-state index is 5.55. The molecule has 2 heterocycles. The summed E-state index contributed by atoms with van der Waals surface area (Å²) in [6, 6.07) is 4.25. The van der Waals surface area contributed by atoms with Gasteiger partial charge in [0.2, 0.25) is 0 Å². The van der Waals surface area contributed by atoms with Crippen molar-refractivity contribution >= 4 is 5.82 Å². The van der Waals surface area contributed by atoms with E-state index in [9.17, 15) is 0 Å². The molecule has 4 heteroatoms. The molecule has 1 fully saturated rings. The minimum atomic E-state index is 0.0159. The van der Waals surface area contributed by atoms with E-state index < -0.39 is 0 Å². The van der Waals surface area contributed by atoms with Crippen LogP contribution in [0.4, 0.5) is 5.82 Å². The highest BCUT2D eigenvalue weighted by molar-refractivity contribution is 5.44. The van der Waals surface area contributed by atoms with E-state index in [-0.39, 0.29) is 5.54 Å². The fourth-order valence-corrected chi connectivity index (χ4v) is 2.27. The molecule has 0 unspecified atom stereocenters. The summed E-state index contributed by atoms with van der Waals surface area (Å²) in [6.07, 6.45) is 1.90. The highest BCUT2D eigenvalue weighted by Crippen LogP contribution is 2.25. The highest BCUT2D eigenvalue weighted by Gasteiger charge is 2.31. The molecular weight excluding hydrogens is 226 g/mol. The molecule has 0 bridgehead atoms. The summed E-state index contributed by atoms with van der Waals surface area (Å²) < 4.78 is 5.55. The highest BCUT2D eigenvalue weighted by atomic mass is 16.5. The van der Waals surface area contributed by atoms with Gasteiger partial charge in [0.1, 0.15) is 5.82 Å². The van der Waals surface area contributed by atoms with E-state index in [4.69, 9.17) is 4.74 Å². The maximum absolute atomic E-state index is 5.55. The van der Waals surface area contributed by atoms with Crippen LogP contribution in [0.1, 0.15) is 26.3 Å². The molecule has 0 amide bonds. The molecule has 1 N–H and O–H groups in total. The molecule has 0 radical (unpaired) electrons. The lowest BCUT2D eigenvalue weighted by Crippen LogP contribution is -2.53. The lowest BCUT2D eigenvalue weighted by Gasteiger charge is -2.43. The first-order valence-electron chi connectivity index (χ1n) is 6.64. The molecule has 1 aromatic rings. The van der Waals surface area contributed by atoms with Crippen molar-refractivity contribution in [1.82, 2.24) is 10.3 Å². The second kappa shape index (κ2) is 5.67. The summed E-state index contributed by atoms with van der Waals surface area (Å²) in [6.45, 7) is 10.8. The first-order chi connectivity index (χ1) is 8.63. The molecule has 1 saturated heterocycles. The van der Waals surface area contributed by atoms with E-state index in [1.165, 1.54) is 5.56 Å². The van der Waals surface area contributed by atoms with Crippen molar-refractivity contribution in [3.63, 3.8) is 0 Å². The third-order valence-corrected chi connectivity index (χ3v) is 3.31. The molecule has 2 rings (SSSR count). The van der Waals surface area contributed by atoms with Crippen molar-refractivity contribution in [2.75, 3.05) is 31.2 Å². The average molecular weight is 249 g/mol. The van der Waals surface area contributed by atoms with Crippen LogP contribution in [-0.2, 0) is 11.3 Å². The van der Waals surface area contributed by atoms with E-state index in [1.807, 2.05) is 6.20 Å². The molecule has 18 heavy (non-hydrogen) atoms. The third-order valence-electron chi connectivity index (χ3n) is 3.31. The second-order valence-electron chi connectivity index (χ2n) is 5.32. The molecule has 1 aliphatic rings. The number of anilines is 1. The quantitative estimate of drug-likeness (QED) is 0.883. The summed E-state index contributed by atoms with van der Waals surface area (Å²) in [4.78, 5) is 6.85. The number of morpholine rings is 1. The molecule has 0 spiro atoms. The zero-order chi connectivity index (χ0) is 13.0. The number of pyridine rings is 1. The number of aromatic nitrogens is 1. The molecule has 0 aromatic carbocycles. The topological polar surface area (TPSA) is 37.4 Å². The second-order valence-corrected chi connectivity index (χ2v) is 5.32. The predicted octanol–water partition coefficient (Wildman–Crippen LogP) is 1.81. The average Bonchev–Trinajstić information content (AvgIpc) is 2.36. The van der Waals surface area contributed by atoms with Crippen molar-refractivity contribution in [3.05, 3.63) is 23.9 Å². The monoisotopic (exact) mass is 249 g/mol. The Balaban J connectivity index is 2.16. The third kappa shape index (κ3) is 3.00. The number of nitrogens with one attached hydrogen (secondary N) is 1. The lowest BCUT2D eigenvalue weighted by atomic mass is 10.0. The first kappa shape index (κ1) is 13.3. The molecular formula is C14H23N3O. The van der Waals surface area contributed by atoms with Crippen LogP contribution in [-0.4, -0.2) is 36.8 Å². The maximum Gasteiger partial charge on any atom is 0.129 e. The Kier molecular flexibility index (Phi) is 4.19. The van der Waals surface area contributed by atoms with Gasteiger partial charge in [-0.05, 0) is 38.1 Å². The summed E-state index contributed by atoms with van der Waals surface area (Å²) >= 11 is 0. The Morgan fingerprint density at radius 1 is 1.50 bits per heavy atom. The van der Waals surface area contributed by atoms with Gasteiger partial charge in [-0.25, -0.2) is 4.98 Å². The van der Waals surface area contributed by atoms with Gasteiger partial charge in [0.15, 0.2) is 0 Å². The zero-order valence-electron chi connectivity index (χ0n) is 11.6. The van der Waals surface area contributed by atoms with E-state index in [1.54, 1.807) is 0 Å². The SMILES string of the molecule is CCNCc1ccnc(N2CCOCC2(C)C)c1.